The van der Waals surface area contributed by atoms with Crippen LogP contribution in [0.5, 0.6) is 0 Å². The van der Waals surface area contributed by atoms with Crippen molar-refractivity contribution >= 4 is 39.5 Å². The van der Waals surface area contributed by atoms with Crippen molar-refractivity contribution in [3.05, 3.63) is 74.8 Å². The maximum atomic E-state index is 12.7. The van der Waals surface area contributed by atoms with Crippen molar-refractivity contribution in [2.45, 2.75) is 12.5 Å². The molecule has 0 radical (unpaired) electrons. The number of nitrogens with two attached hydrogens (primary N) is 1. The second kappa shape index (κ2) is 7.64. The highest BCUT2D eigenvalue weighted by Gasteiger charge is 2.30. The molecule has 2 amide bonds. The first-order valence-corrected chi connectivity index (χ1v) is 10.4. The summed E-state index contributed by atoms with van der Waals surface area (Å²) < 4.78 is 0. The number of anilines is 1. The molecule has 0 spiro atoms. The number of carbonyl (C=O) groups excluding carboxylic acids is 2. The Bertz CT molecular complexity index is 965. The summed E-state index contributed by atoms with van der Waals surface area (Å²) in [6.07, 6.45) is 0.940. The average Bonchev–Trinajstić information content (AvgIpc) is 3.31. The Morgan fingerprint density at radius 2 is 1.89 bits per heavy atom. The van der Waals surface area contributed by atoms with Gasteiger partial charge >= 0.3 is 0 Å². The van der Waals surface area contributed by atoms with E-state index in [1.165, 1.54) is 27.3 Å². The summed E-state index contributed by atoms with van der Waals surface area (Å²) in [7, 11) is 0. The Kier molecular flexibility index (Phi) is 5.07. The molecule has 0 fully saturated rings. The Balaban J connectivity index is 1.56. The van der Waals surface area contributed by atoms with Crippen molar-refractivity contribution in [2.24, 2.45) is 5.73 Å². The first kappa shape index (κ1) is 17.9. The molecule has 1 aliphatic heterocycles. The molecular weight excluding hydrogens is 378 g/mol. The van der Waals surface area contributed by atoms with Crippen LogP contribution < -0.4 is 11.1 Å². The number of rotatable bonds is 5. The van der Waals surface area contributed by atoms with E-state index in [0.717, 1.165) is 13.0 Å². The summed E-state index contributed by atoms with van der Waals surface area (Å²) in [5.41, 5.74) is 8.18. The van der Waals surface area contributed by atoms with Crippen LogP contribution >= 0.6 is 22.7 Å². The molecule has 1 aromatic carbocycles. The lowest BCUT2D eigenvalue weighted by atomic mass is 9.93. The molecule has 5 nitrogen and oxygen atoms in total. The van der Waals surface area contributed by atoms with Crippen molar-refractivity contribution in [2.75, 3.05) is 18.4 Å². The van der Waals surface area contributed by atoms with Crippen LogP contribution in [0, 0.1) is 0 Å². The number of carbonyl (C=O) groups is 2. The molecule has 4 rings (SSSR count). The maximum Gasteiger partial charge on any atom is 0.251 e. The molecule has 3 N–H and O–H groups in total. The minimum Gasteiger partial charge on any atom is -0.366 e. The van der Waals surface area contributed by atoms with Gasteiger partial charge in [-0.1, -0.05) is 30.3 Å². The lowest BCUT2D eigenvalue weighted by Gasteiger charge is -2.35. The normalized spacial score (nSPS) is 16.7. The smallest absolute Gasteiger partial charge is 0.251 e. The summed E-state index contributed by atoms with van der Waals surface area (Å²) in [5.74, 6) is -0.672. The SMILES string of the molecule is NC(=O)c1ccsc1NC(=O)CN1CCc2sccc2[C@@H]1c1ccccc1. The van der Waals surface area contributed by atoms with Crippen molar-refractivity contribution in [1.29, 1.82) is 0 Å². The Morgan fingerprint density at radius 3 is 2.67 bits per heavy atom. The Morgan fingerprint density at radius 1 is 1.11 bits per heavy atom. The van der Waals surface area contributed by atoms with Crippen LogP contribution in [0.15, 0.2) is 53.2 Å². The van der Waals surface area contributed by atoms with E-state index in [1.807, 2.05) is 18.2 Å². The van der Waals surface area contributed by atoms with Crippen LogP contribution in [0.1, 0.15) is 32.4 Å². The second-order valence-corrected chi connectivity index (χ2v) is 8.33. The molecule has 2 aromatic heterocycles. The van der Waals surface area contributed by atoms with Crippen molar-refractivity contribution in [3.8, 4) is 0 Å². The number of primary amides is 1. The van der Waals surface area contributed by atoms with Gasteiger partial charge in [0, 0.05) is 11.4 Å². The van der Waals surface area contributed by atoms with Gasteiger partial charge in [-0.05, 0) is 40.4 Å². The van der Waals surface area contributed by atoms with E-state index in [9.17, 15) is 9.59 Å². The molecule has 3 heterocycles. The highest BCUT2D eigenvalue weighted by atomic mass is 32.1. The molecule has 0 saturated carbocycles. The van der Waals surface area contributed by atoms with Gasteiger partial charge in [-0.25, -0.2) is 0 Å². The summed E-state index contributed by atoms with van der Waals surface area (Å²) >= 11 is 3.08. The van der Waals surface area contributed by atoms with Crippen molar-refractivity contribution in [1.82, 2.24) is 4.90 Å². The van der Waals surface area contributed by atoms with Gasteiger partial charge in [0.2, 0.25) is 5.91 Å². The van der Waals surface area contributed by atoms with Gasteiger partial charge in [-0.2, -0.15) is 0 Å². The number of nitrogens with one attached hydrogen (secondary N) is 1. The van der Waals surface area contributed by atoms with Crippen LogP contribution in [0.2, 0.25) is 0 Å². The van der Waals surface area contributed by atoms with E-state index in [-0.39, 0.29) is 18.5 Å². The first-order chi connectivity index (χ1) is 13.1. The molecule has 0 saturated heterocycles. The molecule has 0 bridgehead atoms. The molecule has 138 valence electrons. The van der Waals surface area contributed by atoms with Gasteiger partial charge in [0.1, 0.15) is 5.00 Å². The number of hydrogen-bond donors (Lipinski definition) is 2. The van der Waals surface area contributed by atoms with Crippen molar-refractivity contribution < 1.29 is 9.59 Å². The molecule has 7 heteroatoms. The van der Waals surface area contributed by atoms with E-state index in [2.05, 4.69) is 33.8 Å². The zero-order valence-corrected chi connectivity index (χ0v) is 16.2. The molecule has 1 atom stereocenters. The van der Waals surface area contributed by atoms with E-state index >= 15 is 0 Å². The maximum absolute atomic E-state index is 12.7. The minimum atomic E-state index is -0.533. The summed E-state index contributed by atoms with van der Waals surface area (Å²) in [6.45, 7) is 1.07. The monoisotopic (exact) mass is 397 g/mol. The number of hydrogen-bond acceptors (Lipinski definition) is 5. The number of fused-ring (bicyclic) bond motifs is 1. The first-order valence-electron chi connectivity index (χ1n) is 8.66. The van der Waals surface area contributed by atoms with Crippen LogP contribution in [0.4, 0.5) is 5.00 Å². The Hall–Kier alpha value is -2.48. The molecule has 1 aliphatic rings. The average molecular weight is 398 g/mol. The standard InChI is InChI=1S/C20H19N3O2S2/c21-19(25)15-8-11-27-20(15)22-17(24)12-23-9-6-16-14(7-10-26-16)18(23)13-4-2-1-3-5-13/h1-5,7-8,10-11,18H,6,9,12H2,(H2,21,25)(H,22,24)/t18-/m0/s1. The third-order valence-corrected chi connectivity index (χ3v) is 6.54. The molecule has 27 heavy (non-hydrogen) atoms. The largest absolute Gasteiger partial charge is 0.366 e. The fraction of sp³-hybridized carbons (Fsp3) is 0.200. The summed E-state index contributed by atoms with van der Waals surface area (Å²) in [4.78, 5) is 27.7. The molecule has 0 unspecified atom stereocenters. The van der Waals surface area contributed by atoms with Gasteiger partial charge in [0.05, 0.1) is 18.2 Å². The molecule has 3 aromatic rings. The van der Waals surface area contributed by atoms with Gasteiger partial charge in [0.15, 0.2) is 0 Å². The number of nitrogens with zero attached hydrogens (tertiary/aromatic N) is 1. The summed E-state index contributed by atoms with van der Waals surface area (Å²) in [5, 5.41) is 7.23. The van der Waals surface area contributed by atoms with E-state index in [1.54, 1.807) is 22.8 Å². The van der Waals surface area contributed by atoms with Gasteiger partial charge in [0.25, 0.3) is 5.91 Å². The Labute approximate surface area is 165 Å². The lowest BCUT2D eigenvalue weighted by molar-refractivity contribution is -0.117. The fourth-order valence-corrected chi connectivity index (χ4v) is 5.23. The topological polar surface area (TPSA) is 75.4 Å². The van der Waals surface area contributed by atoms with Gasteiger partial charge in [-0.3, -0.25) is 14.5 Å². The number of thiophene rings is 2. The van der Waals surface area contributed by atoms with Crippen LogP contribution in [0.25, 0.3) is 0 Å². The number of benzene rings is 1. The zero-order chi connectivity index (χ0) is 18.8. The highest BCUT2D eigenvalue weighted by Crippen LogP contribution is 2.37. The molecule has 0 aliphatic carbocycles. The van der Waals surface area contributed by atoms with Crippen LogP contribution in [-0.2, 0) is 11.2 Å². The van der Waals surface area contributed by atoms with Gasteiger partial charge in [-0.15, -0.1) is 22.7 Å². The second-order valence-electron chi connectivity index (χ2n) is 6.41. The third kappa shape index (κ3) is 3.66. The zero-order valence-electron chi connectivity index (χ0n) is 14.6. The van der Waals surface area contributed by atoms with E-state index < -0.39 is 5.91 Å². The lowest BCUT2D eigenvalue weighted by Crippen LogP contribution is -2.40. The van der Waals surface area contributed by atoms with Gasteiger partial charge < -0.3 is 11.1 Å². The van der Waals surface area contributed by atoms with Crippen LogP contribution in [0.3, 0.4) is 0 Å². The quantitative estimate of drug-likeness (QED) is 0.692. The minimum absolute atomic E-state index is 0.0610. The molecular formula is C20H19N3O2S2. The van der Waals surface area contributed by atoms with Crippen LogP contribution in [-0.4, -0.2) is 29.8 Å². The fourth-order valence-electron chi connectivity index (χ4n) is 3.52. The van der Waals surface area contributed by atoms with E-state index in [4.69, 9.17) is 5.73 Å². The summed E-state index contributed by atoms with van der Waals surface area (Å²) in [6, 6.07) is 14.1. The third-order valence-electron chi connectivity index (χ3n) is 4.71. The van der Waals surface area contributed by atoms with E-state index in [0.29, 0.717) is 10.6 Å². The number of amides is 2. The van der Waals surface area contributed by atoms with Crippen molar-refractivity contribution in [3.63, 3.8) is 0 Å². The predicted molar refractivity (Wildman–Crippen MR) is 109 cm³/mol. The predicted octanol–water partition coefficient (Wildman–Crippen LogP) is 3.49. The highest BCUT2D eigenvalue weighted by molar-refractivity contribution is 7.14.